The molecule has 0 aromatic heterocycles. The van der Waals surface area contributed by atoms with Crippen LogP contribution in [0.15, 0.2) is 53.4 Å². The summed E-state index contributed by atoms with van der Waals surface area (Å²) in [5.74, 6) is 0.421. The molecular formula is C18H22ClFIN3O2S. The second kappa shape index (κ2) is 10.9. The Hall–Kier alpha value is -1.23. The number of benzene rings is 2. The van der Waals surface area contributed by atoms with Crippen LogP contribution >= 0.6 is 11.6 Å². The average molecular weight is 526 g/mol. The highest BCUT2D eigenvalue weighted by Crippen LogP contribution is 2.14. The second-order valence-corrected chi connectivity index (χ2v) is 7.98. The zero-order chi connectivity index (χ0) is 19.2. The molecule has 0 amide bonds. The van der Waals surface area contributed by atoms with E-state index in [1.165, 1.54) is 12.1 Å². The van der Waals surface area contributed by atoms with E-state index in [2.05, 4.69) is 10.0 Å². The summed E-state index contributed by atoms with van der Waals surface area (Å²) >= 11 is 6.13. The zero-order valence-electron chi connectivity index (χ0n) is 15.0. The van der Waals surface area contributed by atoms with E-state index in [1.54, 1.807) is 0 Å². The summed E-state index contributed by atoms with van der Waals surface area (Å²) in [4.78, 5) is 0.0408. The second-order valence-electron chi connectivity index (χ2n) is 5.80. The first kappa shape index (κ1) is 23.8. The SMILES string of the molecule is CC(NCc1ccccc1Cl)=[N+](C)CCNS(=O)(=O)c1ccc(F)cc1.[I-]. The maximum absolute atomic E-state index is 12.9. The van der Waals surface area contributed by atoms with Crippen molar-refractivity contribution in [2.45, 2.75) is 18.4 Å². The lowest BCUT2D eigenvalue weighted by Crippen LogP contribution is -3.00. The Kier molecular flexibility index (Phi) is 9.65. The fraction of sp³-hybridized carbons (Fsp3) is 0.278. The van der Waals surface area contributed by atoms with Crippen molar-refractivity contribution in [2.75, 3.05) is 20.1 Å². The smallest absolute Gasteiger partial charge is 0.241 e. The molecule has 0 bridgehead atoms. The van der Waals surface area contributed by atoms with E-state index < -0.39 is 15.8 Å². The first-order chi connectivity index (χ1) is 12.3. The minimum atomic E-state index is -3.65. The van der Waals surface area contributed by atoms with E-state index in [9.17, 15) is 12.8 Å². The van der Waals surface area contributed by atoms with Crippen LogP contribution in [0.2, 0.25) is 5.02 Å². The molecule has 0 fully saturated rings. The molecule has 0 aliphatic carbocycles. The molecule has 0 atom stereocenters. The minimum Gasteiger partial charge on any atom is -1.00 e. The number of hydrogen-bond acceptors (Lipinski definition) is 2. The summed E-state index contributed by atoms with van der Waals surface area (Å²) in [5.41, 5.74) is 0.985. The molecule has 27 heavy (non-hydrogen) atoms. The molecule has 9 heteroatoms. The van der Waals surface area contributed by atoms with E-state index in [-0.39, 0.29) is 35.4 Å². The minimum absolute atomic E-state index is 0. The van der Waals surface area contributed by atoms with Crippen LogP contribution in [0.4, 0.5) is 4.39 Å². The van der Waals surface area contributed by atoms with Gasteiger partial charge in [0.25, 0.3) is 0 Å². The summed E-state index contributed by atoms with van der Waals surface area (Å²) in [6.07, 6.45) is 0. The van der Waals surface area contributed by atoms with Gasteiger partial charge in [-0.3, -0.25) is 9.89 Å². The van der Waals surface area contributed by atoms with Gasteiger partial charge in [-0.2, -0.15) is 0 Å². The Balaban J connectivity index is 0.00000364. The first-order valence-electron chi connectivity index (χ1n) is 8.07. The Morgan fingerprint density at radius 3 is 2.41 bits per heavy atom. The lowest BCUT2D eigenvalue weighted by molar-refractivity contribution is -0.497. The third kappa shape index (κ3) is 7.36. The summed E-state index contributed by atoms with van der Waals surface area (Å²) in [6, 6.07) is 12.3. The van der Waals surface area contributed by atoms with Gasteiger partial charge < -0.3 is 24.0 Å². The largest absolute Gasteiger partial charge is 1.00 e. The fourth-order valence-corrected chi connectivity index (χ4v) is 3.44. The highest BCUT2D eigenvalue weighted by atomic mass is 127. The highest BCUT2D eigenvalue weighted by Gasteiger charge is 2.14. The lowest BCUT2D eigenvalue weighted by atomic mass is 10.2. The van der Waals surface area contributed by atoms with Gasteiger partial charge in [0.1, 0.15) is 12.4 Å². The van der Waals surface area contributed by atoms with Gasteiger partial charge in [-0.1, -0.05) is 29.8 Å². The van der Waals surface area contributed by atoms with Gasteiger partial charge in [-0.05, 0) is 30.3 Å². The van der Waals surface area contributed by atoms with Crippen molar-refractivity contribution in [1.29, 1.82) is 0 Å². The molecule has 0 unspecified atom stereocenters. The molecule has 0 aliphatic heterocycles. The lowest BCUT2D eigenvalue weighted by Gasteiger charge is -2.09. The van der Waals surface area contributed by atoms with E-state index in [0.717, 1.165) is 23.5 Å². The predicted molar refractivity (Wildman–Crippen MR) is 102 cm³/mol. The topological polar surface area (TPSA) is 61.2 Å². The normalized spacial score (nSPS) is 12.1. The van der Waals surface area contributed by atoms with Crippen molar-refractivity contribution in [2.24, 2.45) is 0 Å². The molecule has 2 rings (SSSR count). The van der Waals surface area contributed by atoms with Gasteiger partial charge >= 0.3 is 0 Å². The van der Waals surface area contributed by atoms with Gasteiger partial charge in [0.2, 0.25) is 15.9 Å². The molecule has 0 radical (unpaired) electrons. The number of halogens is 3. The van der Waals surface area contributed by atoms with Crippen LogP contribution in [-0.4, -0.2) is 39.0 Å². The number of hydrogen-bond donors (Lipinski definition) is 2. The fourth-order valence-electron chi connectivity index (χ4n) is 2.21. The Morgan fingerprint density at radius 1 is 1.15 bits per heavy atom. The molecule has 5 nitrogen and oxygen atoms in total. The Labute approximate surface area is 181 Å². The molecule has 0 spiro atoms. The number of sulfonamides is 1. The summed E-state index contributed by atoms with van der Waals surface area (Å²) in [7, 11) is -1.79. The molecule has 2 N–H and O–H groups in total. The molecule has 0 heterocycles. The molecule has 0 aliphatic rings. The van der Waals surface area contributed by atoms with Crippen LogP contribution in [0.1, 0.15) is 12.5 Å². The maximum Gasteiger partial charge on any atom is 0.241 e. The van der Waals surface area contributed by atoms with Crippen molar-refractivity contribution in [1.82, 2.24) is 10.0 Å². The van der Waals surface area contributed by atoms with Gasteiger partial charge in [-0.25, -0.2) is 17.5 Å². The van der Waals surface area contributed by atoms with E-state index in [0.29, 0.717) is 18.1 Å². The third-order valence-corrected chi connectivity index (χ3v) is 5.77. The molecule has 0 saturated carbocycles. The van der Waals surface area contributed by atoms with E-state index in [4.69, 9.17) is 11.6 Å². The van der Waals surface area contributed by atoms with Crippen LogP contribution in [0.25, 0.3) is 0 Å². The number of likely N-dealkylation sites (N-methyl/N-ethyl adjacent to an activating group) is 1. The van der Waals surface area contributed by atoms with Gasteiger partial charge in [0, 0.05) is 24.1 Å². The Bertz CT molecular complexity index is 890. The first-order valence-corrected chi connectivity index (χ1v) is 9.93. The molecule has 2 aromatic carbocycles. The van der Waals surface area contributed by atoms with Crippen molar-refractivity contribution in [3.05, 3.63) is 64.9 Å². The summed E-state index contributed by atoms with van der Waals surface area (Å²) in [5, 5.41) is 3.96. The van der Waals surface area contributed by atoms with Gasteiger partial charge in [0.05, 0.1) is 18.5 Å². The van der Waals surface area contributed by atoms with Crippen molar-refractivity contribution >= 4 is 27.5 Å². The van der Waals surface area contributed by atoms with Crippen molar-refractivity contribution in [3.8, 4) is 0 Å². The molecule has 2 aromatic rings. The maximum atomic E-state index is 12.9. The Morgan fingerprint density at radius 2 is 1.78 bits per heavy atom. The summed E-state index contributed by atoms with van der Waals surface area (Å²) in [6.45, 7) is 3.19. The predicted octanol–water partition coefficient (Wildman–Crippen LogP) is -0.388. The highest BCUT2D eigenvalue weighted by molar-refractivity contribution is 7.89. The summed E-state index contributed by atoms with van der Waals surface area (Å²) < 4.78 is 41.6. The molecular weight excluding hydrogens is 504 g/mol. The van der Waals surface area contributed by atoms with E-state index >= 15 is 0 Å². The van der Waals surface area contributed by atoms with Gasteiger partial charge in [-0.15, -0.1) is 0 Å². The number of nitrogens with zero attached hydrogens (tertiary/aromatic N) is 1. The number of amidine groups is 1. The van der Waals surface area contributed by atoms with Gasteiger partial charge in [0.15, 0.2) is 0 Å². The van der Waals surface area contributed by atoms with Crippen molar-refractivity contribution in [3.63, 3.8) is 0 Å². The van der Waals surface area contributed by atoms with E-state index in [1.807, 2.05) is 42.8 Å². The number of rotatable bonds is 7. The number of nitrogens with one attached hydrogen (secondary N) is 2. The zero-order valence-corrected chi connectivity index (χ0v) is 18.8. The standard InChI is InChI=1S/C18H21ClFN3O2S.HI/c1-14(21-13-15-5-3-4-6-18(15)19)23(2)12-11-22-26(24,25)17-9-7-16(20)8-10-17;/h3-10,22H,11-13H2,1-2H3;1H. The third-order valence-electron chi connectivity index (χ3n) is 3.93. The van der Waals surface area contributed by atoms with Crippen LogP contribution in [-0.2, 0) is 16.6 Å². The quantitative estimate of drug-likeness (QED) is 0.224. The van der Waals surface area contributed by atoms with Crippen molar-refractivity contribution < 1.29 is 41.4 Å². The van der Waals surface area contributed by atoms with Crippen LogP contribution in [0, 0.1) is 5.82 Å². The molecule has 148 valence electrons. The average Bonchev–Trinajstić information content (AvgIpc) is 2.61. The van der Waals surface area contributed by atoms with Crippen LogP contribution < -0.4 is 34.0 Å². The van der Waals surface area contributed by atoms with Crippen LogP contribution in [0.3, 0.4) is 0 Å². The molecule has 0 saturated heterocycles. The van der Waals surface area contributed by atoms with Crippen LogP contribution in [0.5, 0.6) is 0 Å². The monoisotopic (exact) mass is 525 g/mol.